The number of carbonyl (C=O) groups is 2. The molecule has 2 saturated heterocycles. The summed E-state index contributed by atoms with van der Waals surface area (Å²) in [5, 5.41) is 12.0. The molecular formula is C26H32F3N10O2+. The van der Waals surface area contributed by atoms with E-state index < -0.39 is 24.9 Å². The zero-order valence-corrected chi connectivity index (χ0v) is 22.7. The van der Waals surface area contributed by atoms with E-state index in [1.54, 1.807) is 32.7 Å². The van der Waals surface area contributed by atoms with E-state index in [2.05, 4.69) is 25.4 Å². The Bertz CT molecular complexity index is 1470. The number of fused-ring (bicyclic) bond motifs is 3. The molecule has 2 amide bonds. The van der Waals surface area contributed by atoms with E-state index in [4.69, 9.17) is 0 Å². The van der Waals surface area contributed by atoms with E-state index in [-0.39, 0.29) is 24.5 Å². The number of anilines is 2. The van der Waals surface area contributed by atoms with Crippen molar-refractivity contribution in [3.05, 3.63) is 30.7 Å². The fourth-order valence-electron chi connectivity index (χ4n) is 5.79. The van der Waals surface area contributed by atoms with Crippen LogP contribution in [0, 0.1) is 0 Å². The molecule has 6 rings (SSSR count). The van der Waals surface area contributed by atoms with Crippen molar-refractivity contribution >= 4 is 41.0 Å². The second kappa shape index (κ2) is 10.8. The normalized spacial score (nSPS) is 21.4. The first-order valence-corrected chi connectivity index (χ1v) is 13.7. The third-order valence-electron chi connectivity index (χ3n) is 7.91. The number of halogens is 3. The molecule has 1 N–H and O–H groups in total. The summed E-state index contributed by atoms with van der Waals surface area (Å²) in [7, 11) is 2.04. The minimum Gasteiger partial charge on any atom is -0.339 e. The highest BCUT2D eigenvalue weighted by molar-refractivity contribution is 5.82. The van der Waals surface area contributed by atoms with Crippen molar-refractivity contribution in [2.45, 2.75) is 50.5 Å². The summed E-state index contributed by atoms with van der Waals surface area (Å²) in [6, 6.07) is 3.34. The van der Waals surface area contributed by atoms with Gasteiger partial charge in [-0.05, 0) is 26.0 Å². The molecule has 2 bridgehead atoms. The summed E-state index contributed by atoms with van der Waals surface area (Å²) in [6.45, 7) is 3.74. The van der Waals surface area contributed by atoms with Crippen molar-refractivity contribution < 1.29 is 27.3 Å². The zero-order chi connectivity index (χ0) is 28.7. The van der Waals surface area contributed by atoms with Crippen LogP contribution < -0.4 is 5.32 Å². The van der Waals surface area contributed by atoms with Crippen LogP contribution in [-0.4, -0.2) is 120 Å². The van der Waals surface area contributed by atoms with Crippen LogP contribution in [0.1, 0.15) is 25.7 Å². The number of carbonyl (C=O) groups excluding carboxylic acids is 2. The second-order valence-electron chi connectivity index (χ2n) is 10.8. The molecule has 2 unspecified atom stereocenters. The number of aromatic nitrogens is 5. The molecule has 2 atom stereocenters. The number of likely N-dealkylation sites (N-methyl/N-ethyl adjacent to an activating group) is 1. The molecule has 15 heteroatoms. The quantitative estimate of drug-likeness (QED) is 0.430. The fraction of sp³-hybridized carbons (Fsp3) is 0.538. The molecule has 12 nitrogen and oxygen atoms in total. The first-order valence-electron chi connectivity index (χ1n) is 13.7. The number of nitrogens with zero attached hydrogens (tertiary/aromatic N) is 9. The van der Waals surface area contributed by atoms with Crippen molar-refractivity contribution in [3.63, 3.8) is 0 Å². The number of amides is 2. The minimum absolute atomic E-state index is 0.0237. The Morgan fingerprint density at radius 1 is 1.15 bits per heavy atom. The van der Waals surface area contributed by atoms with Crippen molar-refractivity contribution in [2.75, 3.05) is 45.1 Å². The summed E-state index contributed by atoms with van der Waals surface area (Å²) in [6.07, 6.45) is 2.50. The molecule has 0 spiro atoms. The smallest absolute Gasteiger partial charge is 0.339 e. The van der Waals surface area contributed by atoms with Crippen LogP contribution in [0.5, 0.6) is 0 Å². The largest absolute Gasteiger partial charge is 0.389 e. The van der Waals surface area contributed by atoms with Gasteiger partial charge >= 0.3 is 6.18 Å². The standard InChI is InChI=1S/C26H32F3N10O2/c1-34-9-11-35(12-10-34)23(41)17-37-14-18(13-30-37)31-25-32-24-21(3-2-8-38(24)33-25)36-15-19-4-5-20(16-36)39(19)22(40)6-7-26(27,28)29/h2-3,8,13-15,19-20H,4-7,9-12,16-17H2,1H3,(H,31,33)/q+1. The third-order valence-corrected chi connectivity index (χ3v) is 7.91. The Balaban J connectivity index is 1.14. The monoisotopic (exact) mass is 573 g/mol. The Morgan fingerprint density at radius 3 is 2.71 bits per heavy atom. The molecular weight excluding hydrogens is 541 g/mol. The maximum Gasteiger partial charge on any atom is 0.389 e. The van der Waals surface area contributed by atoms with Crippen LogP contribution in [0.15, 0.2) is 30.7 Å². The number of hydrogen-bond acceptors (Lipinski definition) is 7. The van der Waals surface area contributed by atoms with Gasteiger partial charge in [0.2, 0.25) is 29.1 Å². The molecule has 0 aromatic carbocycles. The number of piperazine rings is 1. The molecule has 6 heterocycles. The minimum atomic E-state index is -4.35. The van der Waals surface area contributed by atoms with Gasteiger partial charge in [0.1, 0.15) is 12.6 Å². The number of hydrogen-bond donors (Lipinski definition) is 1. The average molecular weight is 574 g/mol. The second-order valence-corrected chi connectivity index (χ2v) is 10.8. The van der Waals surface area contributed by atoms with Crippen LogP contribution in [0.3, 0.4) is 0 Å². The predicted octanol–water partition coefficient (Wildman–Crippen LogP) is 1.87. The van der Waals surface area contributed by atoms with Gasteiger partial charge in [0.05, 0.1) is 24.3 Å². The molecule has 2 fully saturated rings. The molecule has 0 saturated carbocycles. The van der Waals surface area contributed by atoms with E-state index in [1.807, 2.05) is 34.9 Å². The van der Waals surface area contributed by atoms with E-state index in [0.29, 0.717) is 43.3 Å². The Labute approximate surface area is 234 Å². The lowest BCUT2D eigenvalue weighted by Gasteiger charge is -2.32. The van der Waals surface area contributed by atoms with Gasteiger partial charge in [0.25, 0.3) is 0 Å². The van der Waals surface area contributed by atoms with Crippen molar-refractivity contribution in [3.8, 4) is 0 Å². The molecule has 0 aliphatic carbocycles. The Kier molecular flexibility index (Phi) is 7.13. The van der Waals surface area contributed by atoms with Crippen molar-refractivity contribution in [1.82, 2.24) is 39.1 Å². The van der Waals surface area contributed by atoms with E-state index in [9.17, 15) is 22.8 Å². The molecule has 218 valence electrons. The number of rotatable bonds is 7. The van der Waals surface area contributed by atoms with Gasteiger partial charge in [-0.1, -0.05) is 0 Å². The average Bonchev–Trinajstić information content (AvgIpc) is 3.62. The first-order chi connectivity index (χ1) is 19.6. The Hall–Kier alpha value is -4.01. The summed E-state index contributed by atoms with van der Waals surface area (Å²) in [5.74, 6) is -0.0781. The maximum absolute atomic E-state index is 12.7. The highest BCUT2D eigenvalue weighted by Gasteiger charge is 2.45. The lowest BCUT2D eigenvalue weighted by molar-refractivity contribution is -0.448. The topological polar surface area (TPSA) is 107 Å². The first kappa shape index (κ1) is 27.2. The van der Waals surface area contributed by atoms with Crippen molar-refractivity contribution in [2.24, 2.45) is 0 Å². The third kappa shape index (κ3) is 5.89. The predicted molar refractivity (Wildman–Crippen MR) is 142 cm³/mol. The molecule has 3 aromatic rings. The van der Waals surface area contributed by atoms with Crippen molar-refractivity contribution in [1.29, 1.82) is 0 Å². The fourth-order valence-corrected chi connectivity index (χ4v) is 5.79. The summed E-state index contributed by atoms with van der Waals surface area (Å²) in [4.78, 5) is 35.6. The lowest BCUT2D eigenvalue weighted by Crippen LogP contribution is -2.50. The molecule has 3 aliphatic heterocycles. The van der Waals surface area contributed by atoms with Crippen LogP contribution in [-0.2, 0) is 16.1 Å². The van der Waals surface area contributed by atoms with E-state index >= 15 is 0 Å². The maximum atomic E-state index is 12.7. The van der Waals surface area contributed by atoms with E-state index in [0.717, 1.165) is 25.2 Å². The molecule has 41 heavy (non-hydrogen) atoms. The highest BCUT2D eigenvalue weighted by Crippen LogP contribution is 2.32. The van der Waals surface area contributed by atoms with E-state index in [1.165, 1.54) is 0 Å². The van der Waals surface area contributed by atoms with Gasteiger partial charge in [-0.15, -0.1) is 5.10 Å². The zero-order valence-electron chi connectivity index (χ0n) is 22.7. The molecule has 3 aromatic heterocycles. The summed E-state index contributed by atoms with van der Waals surface area (Å²) < 4.78 is 43.3. The van der Waals surface area contributed by atoms with Gasteiger partial charge < -0.3 is 20.0 Å². The summed E-state index contributed by atoms with van der Waals surface area (Å²) in [5.41, 5.74) is 2.03. The highest BCUT2D eigenvalue weighted by atomic mass is 19.4. The van der Waals surface area contributed by atoms with Crippen LogP contribution in [0.25, 0.3) is 5.65 Å². The summed E-state index contributed by atoms with van der Waals surface area (Å²) >= 11 is 0. The molecule has 0 radical (unpaired) electrons. The number of nitrogens with one attached hydrogen (secondary N) is 1. The Morgan fingerprint density at radius 2 is 1.95 bits per heavy atom. The van der Waals surface area contributed by atoms with Gasteiger partial charge in [-0.25, -0.2) is 4.52 Å². The van der Waals surface area contributed by atoms with Crippen LogP contribution >= 0.6 is 0 Å². The lowest BCUT2D eigenvalue weighted by atomic mass is 10.1. The van der Waals surface area contributed by atoms with Gasteiger partial charge in [0, 0.05) is 51.1 Å². The number of pyridine rings is 1. The van der Waals surface area contributed by atoms with Crippen LogP contribution in [0.2, 0.25) is 0 Å². The molecule has 3 aliphatic rings. The van der Waals surface area contributed by atoms with Gasteiger partial charge in [0.15, 0.2) is 12.8 Å². The van der Waals surface area contributed by atoms with Crippen LogP contribution in [0.4, 0.5) is 30.5 Å². The SMILES string of the molecule is CN1CCN(C(=O)Cn2cc(Nc3nc4c([N+]5=CC6CCC(C5)N6C(=O)CCC(F)(F)F)cccn4n3)cn2)CC1. The van der Waals surface area contributed by atoms with Gasteiger partial charge in [-0.3, -0.25) is 14.3 Å². The van der Waals surface area contributed by atoms with Gasteiger partial charge in [-0.2, -0.15) is 27.8 Å². The number of alkyl halides is 3.